The molecule has 7 nitrogen and oxygen atoms in total. The minimum absolute atomic E-state index is 0. The van der Waals surface area contributed by atoms with Gasteiger partial charge in [0.25, 0.3) is 0 Å². The molecule has 0 amide bonds. The molecule has 3 unspecified atom stereocenters. The number of guanidine groups is 1. The number of fused-ring (bicyclic) bond motifs is 2. The Morgan fingerprint density at radius 3 is 2.48 bits per heavy atom. The van der Waals surface area contributed by atoms with E-state index in [0.29, 0.717) is 43.0 Å². The summed E-state index contributed by atoms with van der Waals surface area (Å²) in [6.45, 7) is 6.82. The molecule has 2 aliphatic heterocycles. The number of rotatable bonds is 6. The van der Waals surface area contributed by atoms with Gasteiger partial charge in [-0.1, -0.05) is 13.3 Å². The van der Waals surface area contributed by atoms with E-state index in [9.17, 15) is 8.42 Å². The lowest BCUT2D eigenvalue weighted by Gasteiger charge is -2.63. The first-order valence-electron chi connectivity index (χ1n) is 11.2. The Labute approximate surface area is 192 Å². The zero-order valence-electron chi connectivity index (χ0n) is 17.7. The van der Waals surface area contributed by atoms with Crippen molar-refractivity contribution in [2.75, 3.05) is 32.0 Å². The van der Waals surface area contributed by atoms with Crippen LogP contribution in [0.5, 0.6) is 0 Å². The highest BCUT2D eigenvalue weighted by atomic mass is 127. The summed E-state index contributed by atoms with van der Waals surface area (Å²) >= 11 is 0. The lowest BCUT2D eigenvalue weighted by Crippen LogP contribution is -2.72. The summed E-state index contributed by atoms with van der Waals surface area (Å²) in [6.07, 6.45) is 7.77. The van der Waals surface area contributed by atoms with Crippen LogP contribution in [0.2, 0.25) is 0 Å². The monoisotopic (exact) mass is 540 g/mol. The Bertz CT molecular complexity index is 690. The van der Waals surface area contributed by atoms with E-state index in [-0.39, 0.29) is 35.8 Å². The van der Waals surface area contributed by atoms with Gasteiger partial charge in [0.15, 0.2) is 5.96 Å². The first-order chi connectivity index (χ1) is 13.5. The van der Waals surface area contributed by atoms with Crippen molar-refractivity contribution in [3.05, 3.63) is 0 Å². The van der Waals surface area contributed by atoms with E-state index in [4.69, 9.17) is 9.73 Å². The molecule has 29 heavy (non-hydrogen) atoms. The molecule has 2 heterocycles. The van der Waals surface area contributed by atoms with Gasteiger partial charge in [-0.3, -0.25) is 4.99 Å². The van der Waals surface area contributed by atoms with E-state index < -0.39 is 10.0 Å². The van der Waals surface area contributed by atoms with Gasteiger partial charge in [0.05, 0.1) is 11.9 Å². The fourth-order valence-corrected chi connectivity index (χ4v) is 7.29. The molecule has 0 aromatic heterocycles. The molecule has 2 aliphatic carbocycles. The molecule has 4 rings (SSSR count). The maximum Gasteiger partial charge on any atom is 0.214 e. The van der Waals surface area contributed by atoms with Crippen LogP contribution in [0.1, 0.15) is 58.8 Å². The average Bonchev–Trinajstić information content (AvgIpc) is 3.04. The van der Waals surface area contributed by atoms with Crippen LogP contribution >= 0.6 is 24.0 Å². The second-order valence-corrected chi connectivity index (χ2v) is 11.0. The van der Waals surface area contributed by atoms with E-state index in [1.807, 2.05) is 6.92 Å². The Hall–Kier alpha value is -0.130. The lowest BCUT2D eigenvalue weighted by atomic mass is 9.46. The highest BCUT2D eigenvalue weighted by Crippen LogP contribution is 2.62. The smallest absolute Gasteiger partial charge is 0.214 e. The highest BCUT2D eigenvalue weighted by molar-refractivity contribution is 14.0. The number of hydrogen-bond donors (Lipinski definition) is 2. The minimum atomic E-state index is -3.08. The molecular weight excluding hydrogens is 503 g/mol. The van der Waals surface area contributed by atoms with Crippen molar-refractivity contribution in [1.82, 2.24) is 14.9 Å². The largest absolute Gasteiger partial charge is 0.377 e. The van der Waals surface area contributed by atoms with Gasteiger partial charge in [-0.25, -0.2) is 12.7 Å². The SMILES string of the molecule is CCCS(=O)(=O)N1CCC(NC(=NCC)NC2C3CCOC3C23CCC3)CC1.I. The maximum absolute atomic E-state index is 12.3. The molecule has 2 saturated carbocycles. The van der Waals surface area contributed by atoms with E-state index >= 15 is 0 Å². The third kappa shape index (κ3) is 4.43. The van der Waals surface area contributed by atoms with Crippen LogP contribution in [0.3, 0.4) is 0 Å². The summed E-state index contributed by atoms with van der Waals surface area (Å²) in [4.78, 5) is 4.70. The van der Waals surface area contributed by atoms with Crippen LogP contribution in [-0.2, 0) is 14.8 Å². The standard InChI is InChI=1S/C20H36N4O3S.HI/c1-3-14-28(25,26)24-11-6-15(7-12-24)22-19(21-4-2)23-17-16-8-13-27-18(16)20(17)9-5-10-20;/h15-18H,3-14H2,1-2H3,(H2,21,22,23);1H. The predicted octanol–water partition coefficient (Wildman–Crippen LogP) is 2.32. The van der Waals surface area contributed by atoms with Crippen LogP contribution in [-0.4, -0.2) is 68.9 Å². The van der Waals surface area contributed by atoms with Gasteiger partial charge in [-0.15, -0.1) is 24.0 Å². The van der Waals surface area contributed by atoms with Gasteiger partial charge in [-0.05, 0) is 45.4 Å². The highest BCUT2D eigenvalue weighted by Gasteiger charge is 2.66. The molecule has 2 saturated heterocycles. The van der Waals surface area contributed by atoms with Gasteiger partial charge in [0.2, 0.25) is 10.0 Å². The first-order valence-corrected chi connectivity index (χ1v) is 12.8. The maximum atomic E-state index is 12.3. The number of nitrogens with one attached hydrogen (secondary N) is 2. The van der Waals surface area contributed by atoms with E-state index in [2.05, 4.69) is 17.6 Å². The number of hydrogen-bond acceptors (Lipinski definition) is 4. The fraction of sp³-hybridized carbons (Fsp3) is 0.950. The Balaban J connectivity index is 0.00000240. The molecule has 0 bridgehead atoms. The molecule has 3 atom stereocenters. The average molecular weight is 541 g/mol. The summed E-state index contributed by atoms with van der Waals surface area (Å²) in [5.74, 6) is 1.77. The van der Waals surface area contributed by atoms with Crippen molar-refractivity contribution in [3.8, 4) is 0 Å². The molecular formula is C20H37IN4O3S. The number of sulfonamides is 1. The van der Waals surface area contributed by atoms with E-state index in [0.717, 1.165) is 38.4 Å². The van der Waals surface area contributed by atoms with Crippen LogP contribution in [0.25, 0.3) is 0 Å². The van der Waals surface area contributed by atoms with Crippen LogP contribution in [0.15, 0.2) is 4.99 Å². The van der Waals surface area contributed by atoms with Crippen molar-refractivity contribution >= 4 is 40.0 Å². The molecule has 0 aromatic rings. The van der Waals surface area contributed by atoms with Crippen molar-refractivity contribution in [2.24, 2.45) is 16.3 Å². The summed E-state index contributed by atoms with van der Waals surface area (Å²) in [7, 11) is -3.08. The minimum Gasteiger partial charge on any atom is -0.377 e. The summed E-state index contributed by atoms with van der Waals surface area (Å²) < 4.78 is 32.3. The van der Waals surface area contributed by atoms with Gasteiger partial charge in [-0.2, -0.15) is 0 Å². The van der Waals surface area contributed by atoms with Crippen LogP contribution < -0.4 is 10.6 Å². The number of piperidine rings is 1. The van der Waals surface area contributed by atoms with Crippen LogP contribution in [0.4, 0.5) is 0 Å². The molecule has 1 spiro atoms. The Morgan fingerprint density at radius 2 is 1.90 bits per heavy atom. The van der Waals surface area contributed by atoms with Gasteiger partial charge in [0, 0.05) is 49.7 Å². The fourth-order valence-electron chi connectivity index (χ4n) is 5.75. The quantitative estimate of drug-likeness (QED) is 0.307. The van der Waals surface area contributed by atoms with Crippen molar-refractivity contribution < 1.29 is 13.2 Å². The topological polar surface area (TPSA) is 83.0 Å². The predicted molar refractivity (Wildman–Crippen MR) is 126 cm³/mol. The van der Waals surface area contributed by atoms with Gasteiger partial charge in [0.1, 0.15) is 0 Å². The van der Waals surface area contributed by atoms with Crippen molar-refractivity contribution in [3.63, 3.8) is 0 Å². The third-order valence-electron chi connectivity index (χ3n) is 7.29. The normalized spacial score (nSPS) is 32.1. The number of aliphatic imine (C=N–C) groups is 1. The third-order valence-corrected chi connectivity index (χ3v) is 9.37. The zero-order valence-corrected chi connectivity index (χ0v) is 20.9. The Kier molecular flexibility index (Phi) is 7.76. The number of nitrogens with zero attached hydrogens (tertiary/aromatic N) is 2. The second kappa shape index (κ2) is 9.56. The molecule has 0 aromatic carbocycles. The first kappa shape index (κ1) is 23.5. The molecule has 4 aliphatic rings. The van der Waals surface area contributed by atoms with E-state index in [1.165, 1.54) is 19.3 Å². The molecule has 9 heteroatoms. The molecule has 4 fully saturated rings. The summed E-state index contributed by atoms with van der Waals surface area (Å²) in [5, 5.41) is 7.36. The lowest BCUT2D eigenvalue weighted by molar-refractivity contribution is -0.171. The summed E-state index contributed by atoms with van der Waals surface area (Å²) in [6, 6.07) is 0.746. The number of halogens is 1. The Morgan fingerprint density at radius 1 is 1.17 bits per heavy atom. The second-order valence-electron chi connectivity index (χ2n) is 8.91. The van der Waals surface area contributed by atoms with Crippen LogP contribution in [0, 0.1) is 11.3 Å². The van der Waals surface area contributed by atoms with Gasteiger partial charge >= 0.3 is 0 Å². The van der Waals surface area contributed by atoms with Crippen molar-refractivity contribution in [2.45, 2.75) is 77.0 Å². The molecule has 2 N–H and O–H groups in total. The molecule has 168 valence electrons. The van der Waals surface area contributed by atoms with E-state index in [1.54, 1.807) is 4.31 Å². The van der Waals surface area contributed by atoms with Gasteiger partial charge < -0.3 is 15.4 Å². The molecule has 0 radical (unpaired) electrons. The zero-order chi connectivity index (χ0) is 19.8. The summed E-state index contributed by atoms with van der Waals surface area (Å²) in [5.41, 5.74) is 0.328. The number of ether oxygens (including phenoxy) is 1. The van der Waals surface area contributed by atoms with Crippen molar-refractivity contribution in [1.29, 1.82) is 0 Å².